The lowest BCUT2D eigenvalue weighted by atomic mass is 9.70. The van der Waals surface area contributed by atoms with Gasteiger partial charge in [0.05, 0.1) is 24.0 Å². The first kappa shape index (κ1) is 54.6. The number of rotatable bonds is 4. The predicted octanol–water partition coefficient (Wildman–Crippen LogP) is 11.2. The Hall–Kier alpha value is -1.50. The van der Waals surface area contributed by atoms with Gasteiger partial charge in [-0.3, -0.25) is 4.79 Å². The third-order valence-corrected chi connectivity index (χ3v) is 21.4. The van der Waals surface area contributed by atoms with Crippen molar-refractivity contribution in [3.05, 3.63) is 37.4 Å². The summed E-state index contributed by atoms with van der Waals surface area (Å²) in [4.78, 5) is 16.3. The number of aromatic nitrogens is 4. The first-order valence-electron chi connectivity index (χ1n) is 18.7. The van der Waals surface area contributed by atoms with Gasteiger partial charge < -0.3 is 13.7 Å². The topological polar surface area (TPSA) is 112 Å². The molecule has 0 amide bonds. The number of sulfone groups is 1. The standard InChI is InChI=1S/C14H24O3S.C13H26N2OP.C7H12N2.C6H15OP.2CH4/c1-12(2,3)18(16,17)9-14-7-6-10(8-11(14)15)13(14,4)5;1-12(2,3)15-9-8-14(10-15)11-17(7,16)13(4,5)6;1-7(2,3)9-5-4-8-6-9;1-6(2,3)8(4,5)7;;/h10H,6-9H2,1-5H3;8-10H,11H2,1-7H3;4-6H,1-3H3;1-5H3;2*1H4/q;+1;;;;/t10?,14-;17-;;;;/m11..../s1. The van der Waals surface area contributed by atoms with Crippen LogP contribution >= 0.6 is 14.3 Å². The van der Waals surface area contributed by atoms with Crippen molar-refractivity contribution in [2.45, 2.75) is 184 Å². The molecule has 1 unspecified atom stereocenters. The van der Waals surface area contributed by atoms with Gasteiger partial charge in [0.2, 0.25) is 6.33 Å². The van der Waals surface area contributed by atoms with Gasteiger partial charge in [-0.25, -0.2) is 22.5 Å². The molecule has 2 aliphatic rings. The maximum atomic E-state index is 12.6. The highest BCUT2D eigenvalue weighted by molar-refractivity contribution is 7.92. The molecule has 0 radical (unpaired) electrons. The molecular formula is C42H85N4O5P2S+. The molecule has 3 atom stereocenters. The Morgan fingerprint density at radius 3 is 1.54 bits per heavy atom. The highest BCUT2D eigenvalue weighted by atomic mass is 32.2. The van der Waals surface area contributed by atoms with Crippen molar-refractivity contribution in [2.75, 3.05) is 25.7 Å². The van der Waals surface area contributed by atoms with Gasteiger partial charge >= 0.3 is 0 Å². The first-order chi connectivity index (χ1) is 22.7. The summed E-state index contributed by atoms with van der Waals surface area (Å²) < 4.78 is 54.3. The van der Waals surface area contributed by atoms with Crippen LogP contribution in [-0.2, 0) is 41.1 Å². The van der Waals surface area contributed by atoms with Crippen molar-refractivity contribution < 1.29 is 26.9 Å². The highest BCUT2D eigenvalue weighted by Gasteiger charge is 2.65. The largest absolute Gasteiger partial charge is 0.332 e. The van der Waals surface area contributed by atoms with Crippen LogP contribution in [0.25, 0.3) is 0 Å². The maximum absolute atomic E-state index is 12.6. The van der Waals surface area contributed by atoms with Gasteiger partial charge in [-0.05, 0) is 106 Å². The number of hydrogen-bond acceptors (Lipinski definition) is 6. The van der Waals surface area contributed by atoms with Crippen LogP contribution in [0, 0.1) is 16.7 Å². The number of carbonyl (C=O) groups excluding carboxylic acids is 1. The van der Waals surface area contributed by atoms with Crippen LogP contribution in [0.1, 0.15) is 152 Å². The van der Waals surface area contributed by atoms with E-state index in [1.165, 1.54) is 0 Å². The molecule has 0 aliphatic heterocycles. The monoisotopic (exact) mass is 820 g/mol. The molecule has 2 heterocycles. The van der Waals surface area contributed by atoms with Gasteiger partial charge in [0, 0.05) is 40.1 Å². The van der Waals surface area contributed by atoms with Crippen molar-refractivity contribution in [1.29, 1.82) is 0 Å². The number of carbonyl (C=O) groups is 1. The molecule has 0 N–H and O–H groups in total. The Morgan fingerprint density at radius 2 is 1.28 bits per heavy atom. The van der Waals surface area contributed by atoms with Crippen LogP contribution in [0.3, 0.4) is 0 Å². The smallest absolute Gasteiger partial charge is 0.244 e. The molecule has 2 bridgehead atoms. The molecule has 0 spiro atoms. The van der Waals surface area contributed by atoms with E-state index in [-0.39, 0.29) is 53.2 Å². The minimum Gasteiger partial charge on any atom is -0.332 e. The summed E-state index contributed by atoms with van der Waals surface area (Å²) in [6, 6.07) is 0. The van der Waals surface area contributed by atoms with Crippen LogP contribution < -0.4 is 4.57 Å². The molecule has 12 heteroatoms. The van der Waals surface area contributed by atoms with E-state index in [1.54, 1.807) is 27.0 Å². The van der Waals surface area contributed by atoms with Crippen molar-refractivity contribution >= 4 is 29.9 Å². The van der Waals surface area contributed by atoms with Crippen LogP contribution in [0.5, 0.6) is 0 Å². The summed E-state index contributed by atoms with van der Waals surface area (Å²) >= 11 is 0. The van der Waals surface area contributed by atoms with Crippen molar-refractivity contribution in [2.24, 2.45) is 16.7 Å². The summed E-state index contributed by atoms with van der Waals surface area (Å²) in [7, 11) is -7.29. The zero-order valence-electron chi connectivity index (χ0n) is 36.7. The van der Waals surface area contributed by atoms with Gasteiger partial charge in [-0.2, -0.15) is 0 Å². The number of hydrogen-bond donors (Lipinski definition) is 0. The molecule has 318 valence electrons. The van der Waals surface area contributed by atoms with Crippen molar-refractivity contribution in [3.8, 4) is 0 Å². The lowest BCUT2D eigenvalue weighted by Gasteiger charge is -2.38. The molecular weight excluding hydrogens is 735 g/mol. The number of Topliss-reactive ketones (excluding diaryl/α,β-unsaturated/α-hetero) is 1. The normalized spacial score (nSPS) is 21.1. The minimum absolute atomic E-state index is 0. The SMILES string of the molecule is C.C.CC(C)(C)P(C)(C)=O.CC(C)(C)n1cc[n+](C[P@@](C)(=O)C(C)(C)C)c1.CC(C)(C)n1ccnc1.CC1(C)C2CC[C@@]1(CS(=O)(=O)C(C)(C)C)C(=O)C2. The van der Waals surface area contributed by atoms with Crippen LogP contribution in [0.2, 0.25) is 0 Å². The van der Waals surface area contributed by atoms with E-state index in [1.807, 2.05) is 76.6 Å². The van der Waals surface area contributed by atoms with E-state index in [2.05, 4.69) is 90.3 Å². The first-order valence-corrected chi connectivity index (χ1v) is 25.3. The Balaban J connectivity index is 0. The molecule has 0 aromatic carbocycles. The van der Waals surface area contributed by atoms with Crippen molar-refractivity contribution in [3.63, 3.8) is 0 Å². The van der Waals surface area contributed by atoms with Crippen LogP contribution in [-0.4, -0.2) is 69.1 Å². The van der Waals surface area contributed by atoms with E-state index in [0.717, 1.165) is 12.8 Å². The summed E-state index contributed by atoms with van der Waals surface area (Å²) in [6.45, 7) is 40.0. The molecule has 0 saturated heterocycles. The fraction of sp³-hybridized carbons (Fsp3) is 0.833. The summed E-state index contributed by atoms with van der Waals surface area (Å²) in [5.41, 5.74) is -0.534. The number of nitrogens with zero attached hydrogens (tertiary/aromatic N) is 4. The Kier molecular flexibility index (Phi) is 18.2. The number of fused-ring (bicyclic) bond motifs is 2. The second-order valence-corrected chi connectivity index (χ2v) is 31.7. The second-order valence-electron chi connectivity index (χ2n) is 21.1. The Bertz CT molecular complexity index is 1690. The fourth-order valence-electron chi connectivity index (χ4n) is 5.70. The average molecular weight is 820 g/mol. The minimum atomic E-state index is -3.25. The van der Waals surface area contributed by atoms with E-state index >= 15 is 0 Å². The molecule has 2 aromatic rings. The van der Waals surface area contributed by atoms with Gasteiger partial charge in [-0.1, -0.05) is 70.2 Å². The van der Waals surface area contributed by atoms with Gasteiger partial charge in [0.25, 0.3) is 0 Å². The second kappa shape index (κ2) is 18.0. The quantitative estimate of drug-likeness (QED) is 0.224. The zero-order chi connectivity index (χ0) is 41.4. The molecule has 9 nitrogen and oxygen atoms in total. The molecule has 2 saturated carbocycles. The Labute approximate surface area is 333 Å². The number of ketones is 1. The predicted molar refractivity (Wildman–Crippen MR) is 235 cm³/mol. The highest BCUT2D eigenvalue weighted by Crippen LogP contribution is 2.64. The molecule has 2 aliphatic carbocycles. The number of imidazole rings is 2. The van der Waals surface area contributed by atoms with Gasteiger partial charge in [0.1, 0.15) is 37.1 Å². The van der Waals surface area contributed by atoms with E-state index in [0.29, 0.717) is 18.6 Å². The third kappa shape index (κ3) is 13.6. The lowest BCUT2D eigenvalue weighted by Crippen LogP contribution is -2.46. The van der Waals surface area contributed by atoms with E-state index < -0.39 is 34.3 Å². The van der Waals surface area contributed by atoms with E-state index in [9.17, 15) is 22.3 Å². The van der Waals surface area contributed by atoms with E-state index in [4.69, 9.17) is 0 Å². The molecule has 54 heavy (non-hydrogen) atoms. The molecule has 2 aromatic heterocycles. The van der Waals surface area contributed by atoms with Gasteiger partial charge in [-0.15, -0.1) is 0 Å². The third-order valence-electron chi connectivity index (χ3n) is 11.7. The average Bonchev–Trinajstić information content (AvgIpc) is 3.67. The molecule has 4 rings (SSSR count). The van der Waals surface area contributed by atoms with Crippen LogP contribution in [0.15, 0.2) is 37.4 Å². The lowest BCUT2D eigenvalue weighted by molar-refractivity contribution is -0.678. The van der Waals surface area contributed by atoms with Crippen molar-refractivity contribution in [1.82, 2.24) is 14.1 Å². The van der Waals surface area contributed by atoms with Gasteiger partial charge in [0.15, 0.2) is 9.84 Å². The maximum Gasteiger partial charge on any atom is 0.244 e. The molecule has 2 fully saturated rings. The summed E-state index contributed by atoms with van der Waals surface area (Å²) in [5.74, 6) is 0.586. The summed E-state index contributed by atoms with van der Waals surface area (Å²) in [5, 5.41) is -0.142. The fourth-order valence-corrected chi connectivity index (χ4v) is 8.68. The Morgan fingerprint density at radius 1 is 0.815 bits per heavy atom. The van der Waals surface area contributed by atoms with Crippen LogP contribution in [0.4, 0.5) is 0 Å². The zero-order valence-corrected chi connectivity index (χ0v) is 39.3. The summed E-state index contributed by atoms with van der Waals surface area (Å²) in [6.07, 6.45) is 14.6.